The van der Waals surface area contributed by atoms with Gasteiger partial charge in [0.1, 0.15) is 6.23 Å². The molecule has 0 radical (unpaired) electrons. The molecule has 0 aliphatic heterocycles. The molecule has 2 aromatic heterocycles. The number of rotatable bonds is 6. The lowest BCUT2D eigenvalue weighted by Gasteiger charge is -2.33. The van der Waals surface area contributed by atoms with Crippen LogP contribution in [-0.4, -0.2) is 43.0 Å². The van der Waals surface area contributed by atoms with Crippen LogP contribution < -0.4 is 11.3 Å². The van der Waals surface area contributed by atoms with Gasteiger partial charge in [0.15, 0.2) is 11.2 Å². The number of hydrogen-bond acceptors (Lipinski definition) is 6. The Hall–Kier alpha value is -1.50. The second kappa shape index (κ2) is 6.09. The van der Waals surface area contributed by atoms with E-state index < -0.39 is 17.4 Å². The van der Waals surface area contributed by atoms with E-state index in [0.29, 0.717) is 18.2 Å². The van der Waals surface area contributed by atoms with Crippen molar-refractivity contribution >= 4 is 26.4 Å². The largest absolute Gasteiger partial charge is 0.393 e. The molecule has 0 saturated carbocycles. The summed E-state index contributed by atoms with van der Waals surface area (Å²) in [7, 11) is 2.58. The highest BCUT2D eigenvalue weighted by Crippen LogP contribution is 2.26. The number of hydrogen-bond donors (Lipinski definition) is 3. The zero-order valence-electron chi connectivity index (χ0n) is 12.0. The standard InChI is InChI=1S/C12H20N5O3P/c1-3-12(4-18,5-21)20-7(2)17-6-14-8-9(17)15-11(13)16-10(8)19/h6-7,18H,3-5,21H2,1-2H3,(H3,13,15,16,19)/t7-,12-/m1/s1. The first kappa shape index (κ1) is 15.9. The minimum absolute atomic E-state index is 0.0245. The highest BCUT2D eigenvalue weighted by molar-refractivity contribution is 7.16. The Morgan fingerprint density at radius 3 is 2.95 bits per heavy atom. The molecule has 1 unspecified atom stereocenters. The number of aromatic amines is 1. The lowest BCUT2D eigenvalue weighted by molar-refractivity contribution is -0.128. The zero-order valence-corrected chi connectivity index (χ0v) is 13.2. The minimum atomic E-state index is -0.659. The minimum Gasteiger partial charge on any atom is -0.393 e. The quantitative estimate of drug-likeness (QED) is 0.658. The molecule has 0 bridgehead atoms. The monoisotopic (exact) mass is 313 g/mol. The van der Waals surface area contributed by atoms with Gasteiger partial charge in [-0.1, -0.05) is 6.92 Å². The van der Waals surface area contributed by atoms with E-state index >= 15 is 0 Å². The maximum Gasteiger partial charge on any atom is 0.280 e. The van der Waals surface area contributed by atoms with Gasteiger partial charge in [-0.15, -0.1) is 9.24 Å². The third-order valence-electron chi connectivity index (χ3n) is 3.57. The number of imidazole rings is 1. The number of nitrogen functional groups attached to an aromatic ring is 1. The van der Waals surface area contributed by atoms with E-state index in [1.165, 1.54) is 6.33 Å². The second-order valence-corrected chi connectivity index (χ2v) is 5.30. The lowest BCUT2D eigenvalue weighted by Crippen LogP contribution is -2.39. The number of ether oxygens (including phenoxy) is 1. The molecule has 0 fully saturated rings. The summed E-state index contributed by atoms with van der Waals surface area (Å²) in [6.45, 7) is 3.65. The maximum atomic E-state index is 11.8. The Balaban J connectivity index is 2.40. The van der Waals surface area contributed by atoms with Crippen LogP contribution >= 0.6 is 9.24 Å². The van der Waals surface area contributed by atoms with Crippen LogP contribution in [-0.2, 0) is 4.74 Å². The molecule has 0 aliphatic rings. The smallest absolute Gasteiger partial charge is 0.280 e. The van der Waals surface area contributed by atoms with Crippen molar-refractivity contribution in [2.45, 2.75) is 32.1 Å². The fourth-order valence-electron chi connectivity index (χ4n) is 2.12. The van der Waals surface area contributed by atoms with Crippen LogP contribution in [0.15, 0.2) is 11.1 Å². The topological polar surface area (TPSA) is 119 Å². The summed E-state index contributed by atoms with van der Waals surface area (Å²) >= 11 is 0. The van der Waals surface area contributed by atoms with Gasteiger partial charge in [0.05, 0.1) is 18.5 Å². The average Bonchev–Trinajstić information content (AvgIpc) is 2.89. The SMILES string of the molecule is CC[C@@](CO)(CP)O[C@H](C)n1cnc2c(=O)[nH]c(N)nc21. The Morgan fingerprint density at radius 1 is 1.67 bits per heavy atom. The van der Waals surface area contributed by atoms with Crippen molar-refractivity contribution in [3.63, 3.8) is 0 Å². The summed E-state index contributed by atoms with van der Waals surface area (Å²) in [5, 5.41) is 9.57. The zero-order chi connectivity index (χ0) is 15.6. The molecular weight excluding hydrogens is 293 g/mol. The summed E-state index contributed by atoms with van der Waals surface area (Å²) in [5.41, 5.74) is 5.08. The van der Waals surface area contributed by atoms with Crippen molar-refractivity contribution in [3.05, 3.63) is 16.7 Å². The number of aliphatic hydroxyl groups excluding tert-OH is 1. The third-order valence-corrected chi connectivity index (χ3v) is 4.31. The van der Waals surface area contributed by atoms with Crippen molar-refractivity contribution in [1.29, 1.82) is 0 Å². The molecule has 3 atom stereocenters. The van der Waals surface area contributed by atoms with E-state index in [-0.39, 0.29) is 18.1 Å². The highest BCUT2D eigenvalue weighted by atomic mass is 31.0. The fourth-order valence-corrected chi connectivity index (χ4v) is 2.63. The predicted octanol–water partition coefficient (Wildman–Crippen LogP) is 0.253. The molecule has 0 aliphatic carbocycles. The number of fused-ring (bicyclic) bond motifs is 1. The first-order valence-electron chi connectivity index (χ1n) is 6.67. The molecule has 8 nitrogen and oxygen atoms in total. The molecule has 0 aromatic carbocycles. The first-order chi connectivity index (χ1) is 9.96. The van der Waals surface area contributed by atoms with E-state index in [1.54, 1.807) is 11.5 Å². The summed E-state index contributed by atoms with van der Waals surface area (Å²) in [6.07, 6.45) is 2.28. The van der Waals surface area contributed by atoms with Gasteiger partial charge >= 0.3 is 0 Å². The Morgan fingerprint density at radius 2 is 2.38 bits per heavy atom. The van der Waals surface area contributed by atoms with Crippen LogP contribution in [0.3, 0.4) is 0 Å². The molecular formula is C12H20N5O3P. The summed E-state index contributed by atoms with van der Waals surface area (Å²) in [5.74, 6) is 0.0245. The van der Waals surface area contributed by atoms with E-state index in [1.807, 2.05) is 6.92 Å². The van der Waals surface area contributed by atoms with Crippen LogP contribution in [0.2, 0.25) is 0 Å². The number of nitrogens with zero attached hydrogens (tertiary/aromatic N) is 3. The van der Waals surface area contributed by atoms with Gasteiger partial charge in [-0.05, 0) is 19.5 Å². The van der Waals surface area contributed by atoms with Gasteiger partial charge in [0.2, 0.25) is 5.95 Å². The third kappa shape index (κ3) is 2.92. The van der Waals surface area contributed by atoms with Gasteiger partial charge in [-0.25, -0.2) is 4.98 Å². The van der Waals surface area contributed by atoms with Crippen LogP contribution in [0.5, 0.6) is 0 Å². The van der Waals surface area contributed by atoms with Gasteiger partial charge in [0.25, 0.3) is 5.56 Å². The number of H-pyrrole nitrogens is 1. The van der Waals surface area contributed by atoms with E-state index in [2.05, 4.69) is 24.2 Å². The average molecular weight is 313 g/mol. The number of nitrogens with two attached hydrogens (primary N) is 1. The molecule has 116 valence electrons. The number of nitrogens with one attached hydrogen (secondary N) is 1. The first-order valence-corrected chi connectivity index (χ1v) is 7.49. The molecule has 9 heteroatoms. The molecule has 2 aromatic rings. The van der Waals surface area contributed by atoms with Gasteiger partial charge in [-0.3, -0.25) is 14.3 Å². The van der Waals surface area contributed by atoms with Gasteiger partial charge in [-0.2, -0.15) is 4.98 Å². The van der Waals surface area contributed by atoms with Crippen LogP contribution in [0.4, 0.5) is 5.95 Å². The fraction of sp³-hybridized carbons (Fsp3) is 0.583. The Labute approximate surface area is 123 Å². The number of aliphatic hydroxyl groups is 1. The predicted molar refractivity (Wildman–Crippen MR) is 83.0 cm³/mol. The molecule has 2 heterocycles. The van der Waals surface area contributed by atoms with Gasteiger partial charge < -0.3 is 15.6 Å². The summed E-state index contributed by atoms with van der Waals surface area (Å²) < 4.78 is 7.60. The van der Waals surface area contributed by atoms with Crippen LogP contribution in [0.1, 0.15) is 26.5 Å². The molecule has 2 rings (SSSR count). The van der Waals surface area contributed by atoms with Crippen LogP contribution in [0.25, 0.3) is 11.2 Å². The van der Waals surface area contributed by atoms with E-state index in [9.17, 15) is 9.90 Å². The summed E-state index contributed by atoms with van der Waals surface area (Å²) in [4.78, 5) is 22.3. The Kier molecular flexibility index (Phi) is 4.61. The van der Waals surface area contributed by atoms with Crippen molar-refractivity contribution in [1.82, 2.24) is 19.5 Å². The normalized spacial score (nSPS) is 16.0. The maximum absolute atomic E-state index is 11.8. The van der Waals surface area contributed by atoms with E-state index in [4.69, 9.17) is 10.5 Å². The lowest BCUT2D eigenvalue weighted by atomic mass is 10.0. The van der Waals surface area contributed by atoms with Crippen molar-refractivity contribution in [2.24, 2.45) is 0 Å². The van der Waals surface area contributed by atoms with E-state index in [0.717, 1.165) is 0 Å². The molecule has 21 heavy (non-hydrogen) atoms. The van der Waals surface area contributed by atoms with Crippen LogP contribution in [0, 0.1) is 0 Å². The van der Waals surface area contributed by atoms with Crippen molar-refractivity contribution in [2.75, 3.05) is 18.5 Å². The summed E-state index contributed by atoms with van der Waals surface area (Å²) in [6, 6.07) is 0. The molecule has 4 N–H and O–H groups in total. The second-order valence-electron chi connectivity index (χ2n) is 4.89. The van der Waals surface area contributed by atoms with Crippen molar-refractivity contribution < 1.29 is 9.84 Å². The number of aromatic nitrogens is 4. The molecule has 0 spiro atoms. The van der Waals surface area contributed by atoms with Crippen molar-refractivity contribution in [3.8, 4) is 0 Å². The highest BCUT2D eigenvalue weighted by Gasteiger charge is 2.30. The molecule has 0 amide bonds. The number of anilines is 1. The Bertz CT molecular complexity index is 671. The molecule has 0 saturated heterocycles. The van der Waals surface area contributed by atoms with Gasteiger partial charge in [0, 0.05) is 0 Å².